The zero-order chi connectivity index (χ0) is 20.9. The first-order chi connectivity index (χ1) is 13.9. The molecule has 1 saturated heterocycles. The van der Waals surface area contributed by atoms with E-state index in [9.17, 15) is 18.0 Å². The second-order valence-electron chi connectivity index (χ2n) is 7.02. The molecule has 1 fully saturated rings. The van der Waals surface area contributed by atoms with E-state index in [-0.39, 0.29) is 18.0 Å². The molecule has 7 nitrogen and oxygen atoms in total. The smallest absolute Gasteiger partial charge is 0.251 e. The number of benzene rings is 1. The Balaban J connectivity index is 1.72. The lowest BCUT2D eigenvalue weighted by Gasteiger charge is -2.20. The van der Waals surface area contributed by atoms with Crippen LogP contribution in [0, 0.1) is 0 Å². The normalized spacial score (nSPS) is 15.6. The second-order valence-corrected chi connectivity index (χ2v) is 9.36. The van der Waals surface area contributed by atoms with Crippen molar-refractivity contribution in [1.82, 2.24) is 14.2 Å². The van der Waals surface area contributed by atoms with E-state index in [2.05, 4.69) is 5.32 Å². The number of hydrogen-bond donors (Lipinski definition) is 1. The van der Waals surface area contributed by atoms with Crippen molar-refractivity contribution in [2.75, 3.05) is 13.1 Å². The van der Waals surface area contributed by atoms with Gasteiger partial charge in [0, 0.05) is 36.9 Å². The van der Waals surface area contributed by atoms with Crippen LogP contribution in [0.1, 0.15) is 31.2 Å². The summed E-state index contributed by atoms with van der Waals surface area (Å²) in [6, 6.07) is 9.62. The van der Waals surface area contributed by atoms with Crippen LogP contribution in [0.2, 0.25) is 5.02 Å². The van der Waals surface area contributed by atoms with Crippen molar-refractivity contribution in [2.24, 2.45) is 0 Å². The van der Waals surface area contributed by atoms with E-state index in [1.54, 1.807) is 18.2 Å². The van der Waals surface area contributed by atoms with Gasteiger partial charge in [0.25, 0.3) is 5.56 Å². The molecule has 0 atom stereocenters. The number of pyridine rings is 1. The zero-order valence-corrected chi connectivity index (χ0v) is 17.6. The van der Waals surface area contributed by atoms with Gasteiger partial charge >= 0.3 is 0 Å². The molecular formula is C20H24ClN3O4S. The summed E-state index contributed by atoms with van der Waals surface area (Å²) in [6.07, 6.45) is 4.92. The van der Waals surface area contributed by atoms with Gasteiger partial charge < -0.3 is 9.88 Å². The molecule has 2 aromatic rings. The van der Waals surface area contributed by atoms with Gasteiger partial charge in [-0.25, -0.2) is 8.42 Å². The Labute approximate surface area is 175 Å². The molecule has 1 aliphatic rings. The summed E-state index contributed by atoms with van der Waals surface area (Å²) in [6.45, 7) is 0.894. The molecule has 1 N–H and O–H groups in total. The largest absolute Gasteiger partial charge is 0.350 e. The summed E-state index contributed by atoms with van der Waals surface area (Å²) < 4.78 is 28.4. The van der Waals surface area contributed by atoms with Crippen molar-refractivity contribution >= 4 is 27.5 Å². The van der Waals surface area contributed by atoms with Crippen LogP contribution in [0.3, 0.4) is 0 Å². The van der Waals surface area contributed by atoms with Crippen molar-refractivity contribution < 1.29 is 13.2 Å². The van der Waals surface area contributed by atoms with Gasteiger partial charge in [-0.2, -0.15) is 4.31 Å². The van der Waals surface area contributed by atoms with Crippen LogP contribution in [0.25, 0.3) is 0 Å². The lowest BCUT2D eigenvalue weighted by molar-refractivity contribution is -0.121. The van der Waals surface area contributed by atoms with Crippen molar-refractivity contribution in [3.8, 4) is 0 Å². The summed E-state index contributed by atoms with van der Waals surface area (Å²) in [5.41, 5.74) is 0.320. The molecule has 0 saturated carbocycles. The second kappa shape index (κ2) is 9.56. The number of amides is 1. The molecule has 0 unspecified atom stereocenters. The Morgan fingerprint density at radius 2 is 1.72 bits per heavy atom. The zero-order valence-electron chi connectivity index (χ0n) is 16.0. The molecule has 0 spiro atoms. The predicted octanol–water partition coefficient (Wildman–Crippen LogP) is 2.38. The molecule has 0 bridgehead atoms. The minimum absolute atomic E-state index is 0.0258. The van der Waals surface area contributed by atoms with Gasteiger partial charge in [-0.3, -0.25) is 9.59 Å². The van der Waals surface area contributed by atoms with Gasteiger partial charge in [0.1, 0.15) is 6.54 Å². The first kappa shape index (κ1) is 21.5. The third kappa shape index (κ3) is 5.46. The highest BCUT2D eigenvalue weighted by atomic mass is 35.5. The molecule has 0 radical (unpaired) electrons. The van der Waals surface area contributed by atoms with Crippen LogP contribution >= 0.6 is 11.6 Å². The Bertz CT molecular complexity index is 1030. The van der Waals surface area contributed by atoms with Crippen LogP contribution in [0.5, 0.6) is 0 Å². The number of rotatable bonds is 6. The first-order valence-corrected chi connectivity index (χ1v) is 11.4. The Morgan fingerprint density at radius 3 is 2.41 bits per heavy atom. The van der Waals surface area contributed by atoms with E-state index in [1.165, 1.54) is 22.6 Å². The summed E-state index contributed by atoms with van der Waals surface area (Å²) >= 11 is 6.07. The average molecular weight is 438 g/mol. The Kier molecular flexibility index (Phi) is 7.10. The number of hydrogen-bond acceptors (Lipinski definition) is 4. The van der Waals surface area contributed by atoms with E-state index >= 15 is 0 Å². The van der Waals surface area contributed by atoms with Crippen LogP contribution in [-0.2, 0) is 27.9 Å². The van der Waals surface area contributed by atoms with Crippen molar-refractivity contribution in [1.29, 1.82) is 0 Å². The highest BCUT2D eigenvalue weighted by molar-refractivity contribution is 7.89. The van der Waals surface area contributed by atoms with Gasteiger partial charge in [-0.15, -0.1) is 0 Å². The lowest BCUT2D eigenvalue weighted by atomic mass is 10.2. The van der Waals surface area contributed by atoms with Crippen LogP contribution in [0.15, 0.2) is 52.3 Å². The van der Waals surface area contributed by atoms with Gasteiger partial charge in [0.05, 0.1) is 4.90 Å². The van der Waals surface area contributed by atoms with Crippen LogP contribution in [-0.4, -0.2) is 36.3 Å². The highest BCUT2D eigenvalue weighted by Gasteiger charge is 2.25. The number of carbonyl (C=O) groups excluding carboxylic acids is 1. The molecule has 156 valence electrons. The number of nitrogens with one attached hydrogen (secondary N) is 1. The molecule has 1 aliphatic heterocycles. The van der Waals surface area contributed by atoms with E-state index < -0.39 is 21.5 Å². The SMILES string of the molecule is O=C(Cn1cc(S(=O)(=O)N2CCCCCC2)ccc1=O)NCc1ccccc1Cl. The van der Waals surface area contributed by atoms with Gasteiger partial charge in [0.15, 0.2) is 0 Å². The molecule has 1 aromatic heterocycles. The molecular weight excluding hydrogens is 414 g/mol. The monoisotopic (exact) mass is 437 g/mol. The van der Waals surface area contributed by atoms with Crippen molar-refractivity contribution in [2.45, 2.75) is 43.7 Å². The summed E-state index contributed by atoms with van der Waals surface area (Å²) in [4.78, 5) is 24.5. The van der Waals surface area contributed by atoms with Gasteiger partial charge in [-0.05, 0) is 30.5 Å². The molecule has 1 amide bonds. The maximum Gasteiger partial charge on any atom is 0.251 e. The Morgan fingerprint density at radius 1 is 1.03 bits per heavy atom. The fourth-order valence-electron chi connectivity index (χ4n) is 3.26. The molecule has 2 heterocycles. The highest BCUT2D eigenvalue weighted by Crippen LogP contribution is 2.19. The fourth-order valence-corrected chi connectivity index (χ4v) is 5.00. The van der Waals surface area contributed by atoms with Gasteiger partial charge in [0.2, 0.25) is 15.9 Å². The maximum absolute atomic E-state index is 12.9. The number of halogens is 1. The van der Waals surface area contributed by atoms with E-state index in [0.29, 0.717) is 18.1 Å². The quantitative estimate of drug-likeness (QED) is 0.751. The fraction of sp³-hybridized carbons (Fsp3) is 0.400. The minimum Gasteiger partial charge on any atom is -0.350 e. The third-order valence-corrected chi connectivity index (χ3v) is 7.16. The lowest BCUT2D eigenvalue weighted by Crippen LogP contribution is -2.34. The van der Waals surface area contributed by atoms with E-state index in [4.69, 9.17) is 11.6 Å². The van der Waals surface area contributed by atoms with Crippen molar-refractivity contribution in [3.63, 3.8) is 0 Å². The Hall–Kier alpha value is -2.16. The summed E-state index contributed by atoms with van der Waals surface area (Å²) in [5, 5.41) is 3.24. The van der Waals surface area contributed by atoms with E-state index in [1.807, 2.05) is 6.07 Å². The molecule has 29 heavy (non-hydrogen) atoms. The minimum atomic E-state index is -3.70. The van der Waals surface area contributed by atoms with Crippen LogP contribution in [0.4, 0.5) is 0 Å². The number of sulfonamides is 1. The molecule has 9 heteroatoms. The summed E-state index contributed by atoms with van der Waals surface area (Å²) in [5.74, 6) is -0.406. The average Bonchev–Trinajstić information content (AvgIpc) is 2.99. The number of aromatic nitrogens is 1. The number of nitrogens with zero attached hydrogens (tertiary/aromatic N) is 2. The maximum atomic E-state index is 12.9. The molecule has 3 rings (SSSR count). The molecule has 1 aromatic carbocycles. The topological polar surface area (TPSA) is 88.5 Å². The standard InChI is InChI=1S/C20H24ClN3O4S/c21-18-8-4-3-7-16(18)13-22-19(25)15-23-14-17(9-10-20(23)26)29(27,28)24-11-5-1-2-6-12-24/h3-4,7-10,14H,1-2,5-6,11-13,15H2,(H,22,25). The van der Waals surface area contributed by atoms with Crippen molar-refractivity contribution in [3.05, 3.63) is 63.5 Å². The predicted molar refractivity (Wildman–Crippen MR) is 111 cm³/mol. The first-order valence-electron chi connectivity index (χ1n) is 9.59. The van der Waals surface area contributed by atoms with Gasteiger partial charge in [-0.1, -0.05) is 42.6 Å². The summed E-state index contributed by atoms with van der Waals surface area (Å²) in [7, 11) is -3.70. The third-order valence-electron chi connectivity index (χ3n) is 4.91. The van der Waals surface area contributed by atoms with E-state index in [0.717, 1.165) is 35.8 Å². The molecule has 0 aliphatic carbocycles. The van der Waals surface area contributed by atoms with Crippen LogP contribution < -0.4 is 10.9 Å². The number of carbonyl (C=O) groups is 1.